The Morgan fingerprint density at radius 1 is 1.57 bits per heavy atom. The lowest BCUT2D eigenvalue weighted by Gasteiger charge is -2.03. The Hall–Kier alpha value is -1.84. The SMILES string of the molecule is COc1ccc(C)nc1C=CC(=O)O. The molecule has 0 spiro atoms. The summed E-state index contributed by atoms with van der Waals surface area (Å²) in [5, 5.41) is 8.45. The molecule has 0 aliphatic rings. The number of ether oxygens (including phenoxy) is 1. The van der Waals surface area contributed by atoms with E-state index >= 15 is 0 Å². The Balaban J connectivity index is 3.04. The number of methoxy groups -OCH3 is 1. The summed E-state index contributed by atoms with van der Waals surface area (Å²) in [5.41, 5.74) is 1.34. The molecule has 0 amide bonds. The number of carboxylic acids is 1. The number of carboxylic acid groups (broad SMARTS) is 1. The van der Waals surface area contributed by atoms with Gasteiger partial charge < -0.3 is 9.84 Å². The first-order valence-electron chi connectivity index (χ1n) is 4.06. The Morgan fingerprint density at radius 3 is 2.86 bits per heavy atom. The van der Waals surface area contributed by atoms with Crippen LogP contribution in [0, 0.1) is 6.92 Å². The molecule has 4 heteroatoms. The number of aryl methyl sites for hydroxylation is 1. The Kier molecular flexibility index (Phi) is 3.23. The lowest BCUT2D eigenvalue weighted by atomic mass is 10.2. The highest BCUT2D eigenvalue weighted by Crippen LogP contribution is 2.17. The summed E-state index contributed by atoms with van der Waals surface area (Å²) in [6.07, 6.45) is 2.44. The molecule has 1 aromatic heterocycles. The molecule has 1 heterocycles. The number of nitrogens with zero attached hydrogens (tertiary/aromatic N) is 1. The molecule has 0 fully saturated rings. The molecule has 74 valence electrons. The lowest BCUT2D eigenvalue weighted by molar-refractivity contribution is -0.131. The smallest absolute Gasteiger partial charge is 0.328 e. The molecule has 0 aliphatic carbocycles. The molecular formula is C10H11NO3. The van der Waals surface area contributed by atoms with Gasteiger partial charge in [-0.05, 0) is 25.1 Å². The Bertz CT molecular complexity index is 372. The number of carbonyl (C=O) groups is 1. The zero-order valence-electron chi connectivity index (χ0n) is 8.02. The second-order valence-electron chi connectivity index (χ2n) is 2.71. The second kappa shape index (κ2) is 4.41. The number of rotatable bonds is 3. The molecule has 0 atom stereocenters. The molecule has 0 radical (unpaired) electrons. The normalized spacial score (nSPS) is 10.4. The van der Waals surface area contributed by atoms with Crippen LogP contribution in [-0.2, 0) is 4.79 Å². The predicted octanol–water partition coefficient (Wildman–Crippen LogP) is 1.50. The van der Waals surface area contributed by atoms with Gasteiger partial charge in [-0.3, -0.25) is 0 Å². The number of hydrogen-bond acceptors (Lipinski definition) is 3. The van der Waals surface area contributed by atoms with Crippen LogP contribution >= 0.6 is 0 Å². The van der Waals surface area contributed by atoms with Crippen molar-refractivity contribution in [1.82, 2.24) is 4.98 Å². The van der Waals surface area contributed by atoms with Crippen molar-refractivity contribution in [3.63, 3.8) is 0 Å². The van der Waals surface area contributed by atoms with Crippen molar-refractivity contribution < 1.29 is 14.6 Å². The summed E-state index contributed by atoms with van der Waals surface area (Å²) in [6, 6.07) is 3.56. The third-order valence-electron chi connectivity index (χ3n) is 1.63. The third-order valence-corrected chi connectivity index (χ3v) is 1.63. The molecule has 0 aromatic carbocycles. The van der Waals surface area contributed by atoms with Crippen LogP contribution in [0.3, 0.4) is 0 Å². The van der Waals surface area contributed by atoms with Gasteiger partial charge in [0.2, 0.25) is 0 Å². The quantitative estimate of drug-likeness (QED) is 0.739. The van der Waals surface area contributed by atoms with Gasteiger partial charge in [-0.25, -0.2) is 9.78 Å². The summed E-state index contributed by atoms with van der Waals surface area (Å²) in [7, 11) is 1.52. The van der Waals surface area contributed by atoms with Gasteiger partial charge >= 0.3 is 5.97 Å². The number of aromatic nitrogens is 1. The third kappa shape index (κ3) is 2.58. The molecule has 14 heavy (non-hydrogen) atoms. The Labute approximate surface area is 81.9 Å². The topological polar surface area (TPSA) is 59.4 Å². The molecule has 0 bridgehead atoms. The zero-order chi connectivity index (χ0) is 10.6. The van der Waals surface area contributed by atoms with Gasteiger partial charge in [0.05, 0.1) is 7.11 Å². The van der Waals surface area contributed by atoms with Crippen molar-refractivity contribution >= 4 is 12.0 Å². The van der Waals surface area contributed by atoms with Gasteiger partial charge in [-0.15, -0.1) is 0 Å². The molecule has 0 unspecified atom stereocenters. The van der Waals surface area contributed by atoms with Gasteiger partial charge in [0.25, 0.3) is 0 Å². The minimum atomic E-state index is -1.00. The molecule has 1 rings (SSSR count). The number of aliphatic carboxylic acids is 1. The molecule has 1 N–H and O–H groups in total. The summed E-state index contributed by atoms with van der Waals surface area (Å²) in [6.45, 7) is 1.83. The van der Waals surface area contributed by atoms with Crippen molar-refractivity contribution in [2.24, 2.45) is 0 Å². The highest BCUT2D eigenvalue weighted by Gasteiger charge is 2.01. The van der Waals surface area contributed by atoms with Crippen LogP contribution in [0.4, 0.5) is 0 Å². The summed E-state index contributed by atoms with van der Waals surface area (Å²) in [5.74, 6) is -0.441. The maximum absolute atomic E-state index is 10.3. The second-order valence-corrected chi connectivity index (χ2v) is 2.71. The minimum Gasteiger partial charge on any atom is -0.494 e. The predicted molar refractivity (Wildman–Crippen MR) is 52.2 cm³/mol. The van der Waals surface area contributed by atoms with Gasteiger partial charge in [0.15, 0.2) is 0 Å². The van der Waals surface area contributed by atoms with Gasteiger partial charge in [0, 0.05) is 11.8 Å². The maximum atomic E-state index is 10.3. The first kappa shape index (κ1) is 10.2. The van der Waals surface area contributed by atoms with E-state index in [0.29, 0.717) is 11.4 Å². The van der Waals surface area contributed by atoms with Crippen molar-refractivity contribution in [2.45, 2.75) is 6.92 Å². The summed E-state index contributed by atoms with van der Waals surface area (Å²) < 4.78 is 5.03. The van der Waals surface area contributed by atoms with E-state index in [-0.39, 0.29) is 0 Å². The highest BCUT2D eigenvalue weighted by molar-refractivity contribution is 5.85. The number of hydrogen-bond donors (Lipinski definition) is 1. The fourth-order valence-corrected chi connectivity index (χ4v) is 1.01. The number of pyridine rings is 1. The average molecular weight is 193 g/mol. The van der Waals surface area contributed by atoms with Crippen molar-refractivity contribution in [2.75, 3.05) is 7.11 Å². The monoisotopic (exact) mass is 193 g/mol. The van der Waals surface area contributed by atoms with E-state index < -0.39 is 5.97 Å². The molecule has 4 nitrogen and oxygen atoms in total. The zero-order valence-corrected chi connectivity index (χ0v) is 8.02. The van der Waals surface area contributed by atoms with Crippen LogP contribution < -0.4 is 4.74 Å². The summed E-state index contributed by atoms with van der Waals surface area (Å²) >= 11 is 0. The van der Waals surface area contributed by atoms with Crippen LogP contribution in [0.1, 0.15) is 11.4 Å². The van der Waals surface area contributed by atoms with Crippen LogP contribution in [-0.4, -0.2) is 23.2 Å². The first-order valence-corrected chi connectivity index (χ1v) is 4.06. The minimum absolute atomic E-state index is 0.523. The van der Waals surface area contributed by atoms with Crippen molar-refractivity contribution in [3.8, 4) is 5.75 Å². The molecular weight excluding hydrogens is 182 g/mol. The van der Waals surface area contributed by atoms with E-state index in [9.17, 15) is 4.79 Å². The lowest BCUT2D eigenvalue weighted by Crippen LogP contribution is -1.93. The van der Waals surface area contributed by atoms with Crippen LogP contribution in [0.5, 0.6) is 5.75 Å². The van der Waals surface area contributed by atoms with E-state index in [2.05, 4.69) is 4.98 Å². The van der Waals surface area contributed by atoms with Gasteiger partial charge in [0.1, 0.15) is 11.4 Å². The standard InChI is InChI=1S/C10H11NO3/c1-7-3-5-9(14-2)8(11-7)4-6-10(12)13/h3-6H,1-2H3,(H,12,13). The maximum Gasteiger partial charge on any atom is 0.328 e. The van der Waals surface area contributed by atoms with Crippen molar-refractivity contribution in [3.05, 3.63) is 29.6 Å². The Morgan fingerprint density at radius 2 is 2.29 bits per heavy atom. The largest absolute Gasteiger partial charge is 0.494 e. The fraction of sp³-hybridized carbons (Fsp3) is 0.200. The van der Waals surface area contributed by atoms with Gasteiger partial charge in [-0.2, -0.15) is 0 Å². The first-order chi connectivity index (χ1) is 6.63. The average Bonchev–Trinajstić information content (AvgIpc) is 2.15. The molecule has 0 aliphatic heterocycles. The van der Waals surface area contributed by atoms with E-state index in [0.717, 1.165) is 11.8 Å². The van der Waals surface area contributed by atoms with Crippen LogP contribution in [0.15, 0.2) is 18.2 Å². The van der Waals surface area contributed by atoms with E-state index in [1.165, 1.54) is 13.2 Å². The molecule has 1 aromatic rings. The highest BCUT2D eigenvalue weighted by atomic mass is 16.5. The van der Waals surface area contributed by atoms with E-state index in [1.54, 1.807) is 12.1 Å². The fourth-order valence-electron chi connectivity index (χ4n) is 1.01. The summed E-state index contributed by atoms with van der Waals surface area (Å²) in [4.78, 5) is 14.4. The molecule has 0 saturated carbocycles. The van der Waals surface area contributed by atoms with Crippen molar-refractivity contribution in [1.29, 1.82) is 0 Å². The molecule has 0 saturated heterocycles. The van der Waals surface area contributed by atoms with E-state index in [1.807, 2.05) is 6.92 Å². The van der Waals surface area contributed by atoms with Crippen LogP contribution in [0.25, 0.3) is 6.08 Å². The van der Waals surface area contributed by atoms with E-state index in [4.69, 9.17) is 9.84 Å². The van der Waals surface area contributed by atoms with Gasteiger partial charge in [-0.1, -0.05) is 0 Å². The van der Waals surface area contributed by atoms with Crippen LogP contribution in [0.2, 0.25) is 0 Å².